The van der Waals surface area contributed by atoms with E-state index in [0.717, 1.165) is 50.5 Å². The van der Waals surface area contributed by atoms with Gasteiger partial charge >= 0.3 is 0 Å². The molecule has 1 aromatic rings. The number of aliphatic hydroxyl groups is 1. The number of rotatable bonds is 2. The molecule has 0 aromatic carbocycles. The smallest absolute Gasteiger partial charge is 0.131 e. The Hall–Kier alpha value is -0.870. The van der Waals surface area contributed by atoms with Gasteiger partial charge in [-0.2, -0.15) is 0 Å². The van der Waals surface area contributed by atoms with Gasteiger partial charge in [-0.25, -0.2) is 4.98 Å². The summed E-state index contributed by atoms with van der Waals surface area (Å²) in [7, 11) is 0. The van der Waals surface area contributed by atoms with Gasteiger partial charge in [-0.3, -0.25) is 0 Å². The molecule has 1 fully saturated rings. The second-order valence-electron chi connectivity index (χ2n) is 5.33. The molecule has 1 saturated heterocycles. The van der Waals surface area contributed by atoms with E-state index in [1.165, 1.54) is 18.5 Å². The Balaban J connectivity index is 1.71. The average molecular weight is 235 g/mol. The first kappa shape index (κ1) is 11.2. The number of piperidine rings is 1. The average Bonchev–Trinajstić information content (AvgIpc) is 2.74. The highest BCUT2D eigenvalue weighted by Gasteiger charge is 2.21. The van der Waals surface area contributed by atoms with E-state index < -0.39 is 0 Å². The first-order valence-electron chi connectivity index (χ1n) is 6.78. The molecule has 0 radical (unpaired) electrons. The highest BCUT2D eigenvalue weighted by molar-refractivity contribution is 5.08. The molecule has 3 heterocycles. The number of nitrogens with zero attached hydrogens (tertiary/aromatic N) is 2. The molecule has 0 saturated carbocycles. The Morgan fingerprint density at radius 1 is 1.35 bits per heavy atom. The van der Waals surface area contributed by atoms with Crippen molar-refractivity contribution in [2.75, 3.05) is 13.1 Å². The van der Waals surface area contributed by atoms with Crippen LogP contribution in [0.4, 0.5) is 0 Å². The summed E-state index contributed by atoms with van der Waals surface area (Å²) in [4.78, 5) is 4.68. The molecule has 3 rings (SSSR count). The van der Waals surface area contributed by atoms with Crippen LogP contribution in [0.3, 0.4) is 0 Å². The molecule has 0 aliphatic carbocycles. The number of imidazole rings is 1. The van der Waals surface area contributed by atoms with Crippen molar-refractivity contribution >= 4 is 0 Å². The van der Waals surface area contributed by atoms with Crippen molar-refractivity contribution in [2.45, 2.75) is 44.8 Å². The maximum atomic E-state index is 9.89. The minimum atomic E-state index is -0.340. The molecule has 17 heavy (non-hydrogen) atoms. The van der Waals surface area contributed by atoms with Gasteiger partial charge in [0, 0.05) is 12.6 Å². The van der Waals surface area contributed by atoms with Crippen molar-refractivity contribution in [3.8, 4) is 0 Å². The molecule has 0 bridgehead atoms. The summed E-state index contributed by atoms with van der Waals surface area (Å²) in [5.41, 5.74) is 1.17. The lowest BCUT2D eigenvalue weighted by Crippen LogP contribution is -2.28. The zero-order chi connectivity index (χ0) is 11.7. The topological polar surface area (TPSA) is 50.1 Å². The van der Waals surface area contributed by atoms with Crippen LogP contribution in [0.25, 0.3) is 0 Å². The molecule has 1 aromatic heterocycles. The molecule has 2 aliphatic rings. The monoisotopic (exact) mass is 235 g/mol. The Kier molecular flexibility index (Phi) is 3.16. The Morgan fingerprint density at radius 2 is 2.18 bits per heavy atom. The highest BCUT2D eigenvalue weighted by Crippen LogP contribution is 2.24. The summed E-state index contributed by atoms with van der Waals surface area (Å²) in [6.45, 7) is 2.28. The Labute approximate surface area is 102 Å². The van der Waals surface area contributed by atoms with Gasteiger partial charge < -0.3 is 15.0 Å². The van der Waals surface area contributed by atoms with Crippen LogP contribution in [0, 0.1) is 5.92 Å². The maximum Gasteiger partial charge on any atom is 0.131 e. The van der Waals surface area contributed by atoms with Gasteiger partial charge in [0.25, 0.3) is 0 Å². The van der Waals surface area contributed by atoms with E-state index in [9.17, 15) is 5.11 Å². The Morgan fingerprint density at radius 3 is 2.94 bits per heavy atom. The van der Waals surface area contributed by atoms with Crippen LogP contribution in [0.1, 0.15) is 43.4 Å². The van der Waals surface area contributed by atoms with Crippen LogP contribution in [0.5, 0.6) is 0 Å². The fourth-order valence-corrected chi connectivity index (χ4v) is 2.99. The van der Waals surface area contributed by atoms with Gasteiger partial charge in [0.1, 0.15) is 12.1 Å². The molecular weight excluding hydrogens is 214 g/mol. The molecule has 4 heteroatoms. The summed E-state index contributed by atoms with van der Waals surface area (Å²) in [6.07, 6.45) is 8.27. The second-order valence-corrected chi connectivity index (χ2v) is 5.33. The van der Waals surface area contributed by atoms with Crippen LogP contribution >= 0.6 is 0 Å². The molecule has 1 unspecified atom stereocenters. The lowest BCUT2D eigenvalue weighted by atomic mass is 9.93. The SMILES string of the molecule is OC1CCCc2nc(CC3CCNCC3)cn21. The van der Waals surface area contributed by atoms with Gasteiger partial charge in [-0.05, 0) is 51.1 Å². The zero-order valence-electron chi connectivity index (χ0n) is 10.2. The quantitative estimate of drug-likeness (QED) is 0.811. The third kappa shape index (κ3) is 2.38. The van der Waals surface area contributed by atoms with Crippen molar-refractivity contribution < 1.29 is 5.11 Å². The van der Waals surface area contributed by atoms with Gasteiger partial charge in [-0.15, -0.1) is 0 Å². The summed E-state index contributed by atoms with van der Waals surface area (Å²) in [5, 5.41) is 13.3. The lowest BCUT2D eigenvalue weighted by molar-refractivity contribution is 0.0780. The molecule has 4 nitrogen and oxygen atoms in total. The van der Waals surface area contributed by atoms with E-state index in [4.69, 9.17) is 0 Å². The van der Waals surface area contributed by atoms with Crippen molar-refractivity contribution in [2.24, 2.45) is 5.92 Å². The van der Waals surface area contributed by atoms with E-state index >= 15 is 0 Å². The molecule has 2 N–H and O–H groups in total. The van der Waals surface area contributed by atoms with Crippen molar-refractivity contribution in [1.29, 1.82) is 0 Å². The summed E-state index contributed by atoms with van der Waals surface area (Å²) < 4.78 is 1.97. The van der Waals surface area contributed by atoms with Gasteiger partial charge in [-0.1, -0.05) is 0 Å². The van der Waals surface area contributed by atoms with Crippen LogP contribution in [0.15, 0.2) is 6.20 Å². The second kappa shape index (κ2) is 4.78. The summed E-state index contributed by atoms with van der Waals surface area (Å²) in [5.74, 6) is 1.85. The van der Waals surface area contributed by atoms with Gasteiger partial charge in [0.05, 0.1) is 5.69 Å². The summed E-state index contributed by atoms with van der Waals surface area (Å²) in [6, 6.07) is 0. The number of aromatic nitrogens is 2. The molecule has 1 atom stereocenters. The van der Waals surface area contributed by atoms with Crippen molar-refractivity contribution in [1.82, 2.24) is 14.9 Å². The van der Waals surface area contributed by atoms with E-state index in [1.54, 1.807) is 0 Å². The van der Waals surface area contributed by atoms with Crippen molar-refractivity contribution in [3.63, 3.8) is 0 Å². The van der Waals surface area contributed by atoms with Crippen molar-refractivity contribution in [3.05, 3.63) is 17.7 Å². The van der Waals surface area contributed by atoms with Gasteiger partial charge in [0.2, 0.25) is 0 Å². The van der Waals surface area contributed by atoms with E-state index in [-0.39, 0.29) is 6.23 Å². The van der Waals surface area contributed by atoms with Crippen LogP contribution in [-0.2, 0) is 12.8 Å². The first-order valence-corrected chi connectivity index (χ1v) is 6.78. The minimum absolute atomic E-state index is 0.340. The Bertz CT molecular complexity index is 382. The van der Waals surface area contributed by atoms with Crippen LogP contribution in [0.2, 0.25) is 0 Å². The predicted molar refractivity (Wildman–Crippen MR) is 65.7 cm³/mol. The summed E-state index contributed by atoms with van der Waals surface area (Å²) >= 11 is 0. The third-order valence-electron chi connectivity index (χ3n) is 4.00. The highest BCUT2D eigenvalue weighted by atomic mass is 16.3. The molecule has 0 spiro atoms. The van der Waals surface area contributed by atoms with Crippen LogP contribution < -0.4 is 5.32 Å². The number of hydrogen-bond acceptors (Lipinski definition) is 3. The number of fused-ring (bicyclic) bond motifs is 1. The minimum Gasteiger partial charge on any atom is -0.373 e. The largest absolute Gasteiger partial charge is 0.373 e. The third-order valence-corrected chi connectivity index (χ3v) is 4.00. The van der Waals surface area contributed by atoms with E-state index in [0.29, 0.717) is 0 Å². The van der Waals surface area contributed by atoms with Crippen LogP contribution in [-0.4, -0.2) is 27.7 Å². The number of aliphatic hydroxyl groups excluding tert-OH is 1. The maximum absolute atomic E-state index is 9.89. The fraction of sp³-hybridized carbons (Fsp3) is 0.769. The lowest BCUT2D eigenvalue weighted by Gasteiger charge is -2.21. The zero-order valence-corrected chi connectivity index (χ0v) is 10.2. The van der Waals surface area contributed by atoms with E-state index in [2.05, 4.69) is 16.5 Å². The van der Waals surface area contributed by atoms with Gasteiger partial charge in [0.15, 0.2) is 0 Å². The molecular formula is C13H21N3O. The number of hydrogen-bond donors (Lipinski definition) is 2. The fourth-order valence-electron chi connectivity index (χ4n) is 2.99. The molecule has 2 aliphatic heterocycles. The number of nitrogens with one attached hydrogen (secondary N) is 1. The normalized spacial score (nSPS) is 25.8. The predicted octanol–water partition coefficient (Wildman–Crippen LogP) is 1.25. The first-order chi connectivity index (χ1) is 8.33. The molecule has 94 valence electrons. The van der Waals surface area contributed by atoms with E-state index in [1.807, 2.05) is 4.57 Å². The molecule has 0 amide bonds. The number of aryl methyl sites for hydroxylation is 1. The standard InChI is InChI=1S/C13H21N3O/c17-13-3-1-2-12-15-11(9-16(12)13)8-10-4-6-14-7-5-10/h9-10,13-14,17H,1-8H2.